The Balaban J connectivity index is 0.971. The Bertz CT molecular complexity index is 4260. The minimum atomic E-state index is -2.96. The van der Waals surface area contributed by atoms with Crippen molar-refractivity contribution in [1.82, 2.24) is 4.98 Å². The lowest BCUT2D eigenvalue weighted by Crippen LogP contribution is -2.75. The van der Waals surface area contributed by atoms with Crippen LogP contribution < -0.4 is 40.2 Å². The van der Waals surface area contributed by atoms with Crippen LogP contribution in [0.2, 0.25) is 0 Å². The van der Waals surface area contributed by atoms with E-state index in [0.29, 0.717) is 28.4 Å². The van der Waals surface area contributed by atoms with Gasteiger partial charge < -0.3 is 14.5 Å². The molecule has 0 bridgehead atoms. The summed E-state index contributed by atoms with van der Waals surface area (Å²) in [6, 6.07) is 51.4. The molecular weight excluding hydrogens is 917 g/mol. The maximum Gasteiger partial charge on any atom is 0.185 e. The minimum Gasteiger partial charge on any atom is -0.457 e. The zero-order valence-corrected chi connectivity index (χ0v) is 43.1. The molecule has 1 unspecified atom stereocenters. The molecule has 3 aliphatic heterocycles. The predicted molar refractivity (Wildman–Crippen MR) is 312 cm³/mol. The number of pyridine rings is 1. The Labute approximate surface area is 450 Å². The highest BCUT2D eigenvalue weighted by atomic mass is 28.3. The van der Waals surface area contributed by atoms with Gasteiger partial charge >= 0.3 is 0 Å². The molecule has 0 aliphatic carbocycles. The average Bonchev–Trinajstić information content (AvgIpc) is 1.46. The molecule has 1 atom stereocenters. The van der Waals surface area contributed by atoms with Gasteiger partial charge in [-0.05, 0) is 126 Å². The SMILES string of the molecule is [2H]c1c([2H])c([2H])c(-c2cc(C(C)(C)C)cc(-c3c([2H])c([2H])c([2H])c([2H])c3[2H])c2N2CN(c3cccc(Oc4ccc5c(c4)N(c4cc(C(C)(C)C)ccn4)c4cccc6c4[Si]5(c4ccccc4)c4ccccc4-6)c3)c3ccccc32)c([2H])c1[2H]. The van der Waals surface area contributed by atoms with Crippen molar-refractivity contribution in [3.05, 3.63) is 242 Å². The first-order valence-corrected chi connectivity index (χ1v) is 27.1. The van der Waals surface area contributed by atoms with E-state index >= 15 is 0 Å². The molecule has 9 aromatic carbocycles. The first-order chi connectivity index (χ1) is 40.1. The van der Waals surface area contributed by atoms with E-state index in [4.69, 9.17) is 17.9 Å². The summed E-state index contributed by atoms with van der Waals surface area (Å²) in [4.78, 5) is 11.5. The number of anilines is 7. The van der Waals surface area contributed by atoms with Crippen molar-refractivity contribution in [3.63, 3.8) is 0 Å². The number of aromatic nitrogens is 1. The van der Waals surface area contributed by atoms with E-state index in [-0.39, 0.29) is 34.3 Å². The molecule has 0 N–H and O–H groups in total. The maximum absolute atomic E-state index is 9.35. The van der Waals surface area contributed by atoms with Gasteiger partial charge in [0.2, 0.25) is 0 Å². The van der Waals surface area contributed by atoms with Crippen LogP contribution in [0.25, 0.3) is 33.4 Å². The number of fused-ring (bicyclic) bond motifs is 6. The van der Waals surface area contributed by atoms with Gasteiger partial charge in [0.1, 0.15) is 24.0 Å². The van der Waals surface area contributed by atoms with Crippen molar-refractivity contribution in [3.8, 4) is 44.9 Å². The van der Waals surface area contributed by atoms with Gasteiger partial charge in [-0.3, -0.25) is 4.90 Å². The second-order valence-electron chi connectivity index (χ2n) is 21.3. The van der Waals surface area contributed by atoms with E-state index in [1.54, 1.807) is 0 Å². The van der Waals surface area contributed by atoms with Gasteiger partial charge in [0.05, 0.1) is 36.5 Å². The fourth-order valence-corrected chi connectivity index (χ4v) is 16.9. The summed E-state index contributed by atoms with van der Waals surface area (Å²) in [7, 11) is -2.96. The van der Waals surface area contributed by atoms with Gasteiger partial charge in [0.15, 0.2) is 8.07 Å². The van der Waals surface area contributed by atoms with Crippen LogP contribution in [0.1, 0.15) is 66.4 Å². The fraction of sp³-hybridized carbons (Fsp3) is 0.132. The normalized spacial score (nSPS) is 17.2. The molecule has 4 heterocycles. The number of para-hydroxylation sites is 2. The highest BCUT2D eigenvalue weighted by Crippen LogP contribution is 2.52. The number of hydrogen-bond acceptors (Lipinski definition) is 5. The van der Waals surface area contributed by atoms with E-state index in [2.05, 4.69) is 134 Å². The molecular formula is C68H58N4OSi. The topological polar surface area (TPSA) is 31.8 Å². The van der Waals surface area contributed by atoms with Gasteiger partial charge in [-0.2, -0.15) is 0 Å². The van der Waals surface area contributed by atoms with Gasteiger partial charge in [-0.15, -0.1) is 0 Å². The van der Waals surface area contributed by atoms with Crippen LogP contribution in [-0.2, 0) is 10.8 Å². The summed E-state index contributed by atoms with van der Waals surface area (Å²) in [5.41, 5.74) is 8.38. The Morgan fingerprint density at radius 3 is 1.80 bits per heavy atom. The van der Waals surface area contributed by atoms with E-state index in [9.17, 15) is 5.48 Å². The van der Waals surface area contributed by atoms with Crippen molar-refractivity contribution >= 4 is 68.8 Å². The minimum absolute atomic E-state index is 0.0817. The summed E-state index contributed by atoms with van der Waals surface area (Å²) in [5.74, 6) is 1.97. The van der Waals surface area contributed by atoms with Crippen LogP contribution in [0, 0.1) is 0 Å². The molecule has 0 amide bonds. The van der Waals surface area contributed by atoms with Crippen LogP contribution in [0.15, 0.2) is 230 Å². The number of ether oxygens (including phenoxy) is 1. The molecule has 0 saturated carbocycles. The Morgan fingerprint density at radius 1 is 0.486 bits per heavy atom. The Kier molecular flexibility index (Phi) is 8.36. The lowest BCUT2D eigenvalue weighted by molar-refractivity contribution is 0.483. The van der Waals surface area contributed by atoms with Crippen molar-refractivity contribution in [2.24, 2.45) is 0 Å². The second-order valence-corrected chi connectivity index (χ2v) is 24.9. The van der Waals surface area contributed by atoms with E-state index in [1.807, 2.05) is 92.5 Å². The number of nitrogens with zero attached hydrogens (tertiary/aromatic N) is 4. The van der Waals surface area contributed by atoms with Gasteiger partial charge in [-0.25, -0.2) is 4.98 Å². The third-order valence-electron chi connectivity index (χ3n) is 14.8. The molecule has 74 heavy (non-hydrogen) atoms. The molecule has 1 aromatic heterocycles. The molecule has 0 saturated heterocycles. The summed E-state index contributed by atoms with van der Waals surface area (Å²) >= 11 is 0. The standard InChI is InChI=1S/C68H58N4OSi/c1-67(2,3)48-38-39-69-64(42-48)72-60-34-21-31-55-54-30-16-19-35-62(54)74(66(55)60,53-28-14-9-15-29-53)63-37-36-52(44-61(63)72)73-51-27-20-26-50(43-51)70-45-71(59-33-18-17-32-58(59)70)65-56(46-22-10-7-11-23-46)40-49(68(4,5)6)41-57(65)47-24-12-8-13-25-47/h7-44H,45H2,1-6H3/i7D,8D,10D,11D,12D,13D,22D,23D,24D,25D. The number of benzene rings is 9. The highest BCUT2D eigenvalue weighted by Gasteiger charge is 2.55. The molecule has 0 fully saturated rings. The second kappa shape index (κ2) is 17.4. The van der Waals surface area contributed by atoms with Crippen molar-refractivity contribution in [2.75, 3.05) is 21.4 Å². The largest absolute Gasteiger partial charge is 0.457 e. The molecule has 5 nitrogen and oxygen atoms in total. The molecule has 13 rings (SSSR count). The summed E-state index contributed by atoms with van der Waals surface area (Å²) in [6.45, 7) is 12.6. The monoisotopic (exact) mass is 985 g/mol. The average molecular weight is 985 g/mol. The summed E-state index contributed by atoms with van der Waals surface area (Å²) < 4.78 is 96.9. The Morgan fingerprint density at radius 2 is 1.09 bits per heavy atom. The smallest absolute Gasteiger partial charge is 0.185 e. The first kappa shape index (κ1) is 35.6. The Hall–Kier alpha value is -8.45. The zero-order chi connectivity index (χ0) is 59.1. The van der Waals surface area contributed by atoms with E-state index in [0.717, 1.165) is 34.1 Å². The van der Waals surface area contributed by atoms with Crippen LogP contribution >= 0.6 is 0 Å². The quantitative estimate of drug-likeness (QED) is 0.142. The van der Waals surface area contributed by atoms with Gasteiger partial charge in [0.25, 0.3) is 0 Å². The molecule has 0 radical (unpaired) electrons. The number of hydrogen-bond donors (Lipinski definition) is 0. The van der Waals surface area contributed by atoms with E-state index < -0.39 is 73.9 Å². The fourth-order valence-electron chi connectivity index (χ4n) is 11.4. The van der Waals surface area contributed by atoms with Crippen LogP contribution in [0.3, 0.4) is 0 Å². The molecule has 0 spiro atoms. The predicted octanol–water partition coefficient (Wildman–Crippen LogP) is 15.2. The maximum atomic E-state index is 9.35. The first-order valence-electron chi connectivity index (χ1n) is 30.1. The lowest BCUT2D eigenvalue weighted by Gasteiger charge is -2.43. The zero-order valence-electron chi connectivity index (χ0n) is 52.1. The molecule has 3 aliphatic rings. The van der Waals surface area contributed by atoms with Crippen molar-refractivity contribution in [2.45, 2.75) is 52.4 Å². The number of rotatable bonds is 8. The van der Waals surface area contributed by atoms with Gasteiger partial charge in [0, 0.05) is 40.8 Å². The summed E-state index contributed by atoms with van der Waals surface area (Å²) in [6.07, 6.45) is 1.90. The molecule has 360 valence electrons. The third kappa shape index (κ3) is 7.30. The van der Waals surface area contributed by atoms with E-state index in [1.165, 1.54) is 31.9 Å². The lowest BCUT2D eigenvalue weighted by atomic mass is 9.82. The highest BCUT2D eigenvalue weighted by molar-refractivity contribution is 7.23. The summed E-state index contributed by atoms with van der Waals surface area (Å²) in [5, 5.41) is 5.18. The third-order valence-corrected chi connectivity index (χ3v) is 19.8. The molecule has 6 heteroatoms. The molecule has 10 aromatic rings. The van der Waals surface area contributed by atoms with Crippen molar-refractivity contribution < 1.29 is 18.4 Å². The van der Waals surface area contributed by atoms with Crippen LogP contribution in [-0.4, -0.2) is 19.7 Å². The van der Waals surface area contributed by atoms with Crippen LogP contribution in [0.5, 0.6) is 11.5 Å². The van der Waals surface area contributed by atoms with Gasteiger partial charge in [-0.1, -0.05) is 193 Å². The van der Waals surface area contributed by atoms with Crippen molar-refractivity contribution in [1.29, 1.82) is 0 Å². The van der Waals surface area contributed by atoms with Crippen LogP contribution in [0.4, 0.5) is 39.9 Å².